The molecule has 1 aromatic carbocycles. The van der Waals surface area contributed by atoms with Crippen molar-refractivity contribution in [2.75, 3.05) is 25.3 Å². The Morgan fingerprint density at radius 3 is 2.56 bits per heavy atom. The van der Waals surface area contributed by atoms with Crippen LogP contribution in [0.5, 0.6) is 5.75 Å². The van der Waals surface area contributed by atoms with Crippen LogP contribution in [0.1, 0.15) is 30.9 Å². The molecule has 27 heavy (non-hydrogen) atoms. The summed E-state index contributed by atoms with van der Waals surface area (Å²) >= 11 is 1.45. The molecule has 1 atom stereocenters. The molecule has 1 aliphatic heterocycles. The molecule has 1 aliphatic rings. The highest BCUT2D eigenvalue weighted by molar-refractivity contribution is 7.99. The molecule has 1 aromatic heterocycles. The highest BCUT2D eigenvalue weighted by Gasteiger charge is 2.36. The number of hydrogen-bond acceptors (Lipinski definition) is 7. The lowest BCUT2D eigenvalue weighted by Gasteiger charge is -2.28. The fourth-order valence-corrected chi connectivity index (χ4v) is 3.74. The SMILES string of the molecule is CCSc1nc2c(c(=O)[nH]1)C(c1ccc(OC)cc1)C(C(=O)OC)=C(C)N2. The van der Waals surface area contributed by atoms with Crippen LogP contribution in [0.25, 0.3) is 0 Å². The van der Waals surface area contributed by atoms with Crippen LogP contribution in [0.3, 0.4) is 0 Å². The molecule has 142 valence electrons. The number of ether oxygens (including phenoxy) is 2. The number of allylic oxidation sites excluding steroid dienone is 1. The van der Waals surface area contributed by atoms with E-state index in [2.05, 4.69) is 15.3 Å². The average molecular weight is 387 g/mol. The maximum absolute atomic E-state index is 12.9. The van der Waals surface area contributed by atoms with Gasteiger partial charge in [-0.3, -0.25) is 4.79 Å². The summed E-state index contributed by atoms with van der Waals surface area (Å²) in [5.74, 6) is 0.858. The number of thioether (sulfide) groups is 1. The first-order chi connectivity index (χ1) is 13.0. The molecule has 0 aliphatic carbocycles. The van der Waals surface area contributed by atoms with Gasteiger partial charge in [0.15, 0.2) is 5.16 Å². The second-order valence-corrected chi connectivity index (χ2v) is 7.18. The molecule has 2 heterocycles. The van der Waals surface area contributed by atoms with Crippen molar-refractivity contribution in [3.8, 4) is 5.75 Å². The van der Waals surface area contributed by atoms with Gasteiger partial charge in [0.05, 0.1) is 31.3 Å². The topological polar surface area (TPSA) is 93.3 Å². The quantitative estimate of drug-likeness (QED) is 0.463. The number of aromatic nitrogens is 2. The zero-order valence-electron chi connectivity index (χ0n) is 15.6. The Balaban J connectivity index is 2.22. The Hall–Kier alpha value is -2.74. The van der Waals surface area contributed by atoms with Crippen molar-refractivity contribution < 1.29 is 14.3 Å². The van der Waals surface area contributed by atoms with E-state index in [-0.39, 0.29) is 5.56 Å². The van der Waals surface area contributed by atoms with Crippen molar-refractivity contribution in [1.29, 1.82) is 0 Å². The Bertz CT molecular complexity index is 950. The van der Waals surface area contributed by atoms with E-state index in [1.54, 1.807) is 26.2 Å². The number of rotatable bonds is 5. The molecule has 0 bridgehead atoms. The van der Waals surface area contributed by atoms with Gasteiger partial charge in [-0.25, -0.2) is 9.78 Å². The molecule has 0 radical (unpaired) electrons. The average Bonchev–Trinajstić information content (AvgIpc) is 2.66. The molecule has 0 fully saturated rings. The number of nitrogens with one attached hydrogen (secondary N) is 2. The second-order valence-electron chi connectivity index (χ2n) is 5.93. The van der Waals surface area contributed by atoms with Gasteiger partial charge >= 0.3 is 5.97 Å². The van der Waals surface area contributed by atoms with Crippen molar-refractivity contribution >= 4 is 23.5 Å². The minimum atomic E-state index is -0.587. The zero-order chi connectivity index (χ0) is 19.6. The fourth-order valence-electron chi connectivity index (χ4n) is 3.15. The minimum absolute atomic E-state index is 0.279. The normalized spacial score (nSPS) is 15.8. The summed E-state index contributed by atoms with van der Waals surface area (Å²) in [4.78, 5) is 32.7. The third-order valence-electron chi connectivity index (χ3n) is 4.36. The van der Waals surface area contributed by atoms with E-state index in [0.29, 0.717) is 33.6 Å². The van der Waals surface area contributed by atoms with E-state index in [1.165, 1.54) is 18.9 Å². The number of aromatic amines is 1. The van der Waals surface area contributed by atoms with E-state index in [9.17, 15) is 9.59 Å². The molecular formula is C19H21N3O4S. The first kappa shape index (κ1) is 19.0. The number of anilines is 1. The van der Waals surface area contributed by atoms with Crippen molar-refractivity contribution in [2.24, 2.45) is 0 Å². The molecule has 0 amide bonds. The maximum atomic E-state index is 12.9. The number of carbonyl (C=O) groups is 1. The van der Waals surface area contributed by atoms with Gasteiger partial charge in [-0.2, -0.15) is 0 Å². The predicted molar refractivity (Wildman–Crippen MR) is 104 cm³/mol. The number of carbonyl (C=O) groups excluding carboxylic acids is 1. The lowest BCUT2D eigenvalue weighted by Crippen LogP contribution is -2.31. The third-order valence-corrected chi connectivity index (χ3v) is 5.11. The molecular weight excluding hydrogens is 366 g/mol. The minimum Gasteiger partial charge on any atom is -0.497 e. The van der Waals surface area contributed by atoms with Crippen LogP contribution in [0.15, 0.2) is 45.5 Å². The molecule has 2 N–H and O–H groups in total. The summed E-state index contributed by atoms with van der Waals surface area (Å²) in [6, 6.07) is 7.26. The molecule has 7 nitrogen and oxygen atoms in total. The standard InChI is InChI=1S/C19H21N3O4S/c1-5-27-19-21-16-15(17(23)22-19)14(11-6-8-12(25-3)9-7-11)13(10(2)20-16)18(24)26-4/h6-9,14H,5H2,1-4H3,(H2,20,21,22,23). The highest BCUT2D eigenvalue weighted by atomic mass is 32.2. The van der Waals surface area contributed by atoms with Gasteiger partial charge in [0.25, 0.3) is 5.56 Å². The lowest BCUT2D eigenvalue weighted by atomic mass is 9.82. The Kier molecular flexibility index (Phi) is 5.55. The number of benzene rings is 1. The van der Waals surface area contributed by atoms with Gasteiger partial charge in [0.2, 0.25) is 0 Å². The van der Waals surface area contributed by atoms with Gasteiger partial charge < -0.3 is 19.8 Å². The smallest absolute Gasteiger partial charge is 0.336 e. The van der Waals surface area contributed by atoms with Crippen molar-refractivity contribution in [3.05, 3.63) is 57.0 Å². The molecule has 0 spiro atoms. The Morgan fingerprint density at radius 1 is 1.26 bits per heavy atom. The van der Waals surface area contributed by atoms with E-state index >= 15 is 0 Å². The first-order valence-electron chi connectivity index (χ1n) is 8.47. The van der Waals surface area contributed by atoms with Crippen LogP contribution in [-0.4, -0.2) is 35.9 Å². The molecule has 2 aromatic rings. The monoisotopic (exact) mass is 387 g/mol. The van der Waals surface area contributed by atoms with Crippen LogP contribution in [-0.2, 0) is 9.53 Å². The molecule has 3 rings (SSSR count). The van der Waals surface area contributed by atoms with Crippen molar-refractivity contribution in [2.45, 2.75) is 24.9 Å². The van der Waals surface area contributed by atoms with Crippen LogP contribution in [0.2, 0.25) is 0 Å². The summed E-state index contributed by atoms with van der Waals surface area (Å²) < 4.78 is 10.2. The van der Waals surface area contributed by atoms with Gasteiger partial charge in [-0.05, 0) is 30.4 Å². The van der Waals surface area contributed by atoms with Gasteiger partial charge in [-0.15, -0.1) is 0 Å². The predicted octanol–water partition coefficient (Wildman–Crippen LogP) is 2.89. The number of esters is 1. The Labute approximate surface area is 161 Å². The zero-order valence-corrected chi connectivity index (χ0v) is 16.4. The molecule has 8 heteroatoms. The van der Waals surface area contributed by atoms with Crippen LogP contribution in [0.4, 0.5) is 5.82 Å². The second kappa shape index (κ2) is 7.87. The van der Waals surface area contributed by atoms with E-state index in [0.717, 1.165) is 11.3 Å². The van der Waals surface area contributed by atoms with Gasteiger partial charge in [0.1, 0.15) is 11.6 Å². The van der Waals surface area contributed by atoms with Gasteiger partial charge in [-0.1, -0.05) is 30.8 Å². The summed E-state index contributed by atoms with van der Waals surface area (Å²) in [5.41, 5.74) is 1.89. The van der Waals surface area contributed by atoms with Gasteiger partial charge in [0, 0.05) is 5.70 Å². The fraction of sp³-hybridized carbons (Fsp3) is 0.316. The lowest BCUT2D eigenvalue weighted by molar-refractivity contribution is -0.136. The number of hydrogen-bond donors (Lipinski definition) is 2. The first-order valence-corrected chi connectivity index (χ1v) is 9.45. The van der Waals surface area contributed by atoms with E-state index < -0.39 is 11.9 Å². The molecule has 1 unspecified atom stereocenters. The number of methoxy groups -OCH3 is 2. The molecule has 0 saturated carbocycles. The largest absolute Gasteiger partial charge is 0.497 e. The Morgan fingerprint density at radius 2 is 1.96 bits per heavy atom. The molecule has 0 saturated heterocycles. The maximum Gasteiger partial charge on any atom is 0.336 e. The third kappa shape index (κ3) is 3.57. The number of H-pyrrole nitrogens is 1. The highest BCUT2D eigenvalue weighted by Crippen LogP contribution is 2.40. The summed E-state index contributed by atoms with van der Waals surface area (Å²) in [7, 11) is 2.91. The summed E-state index contributed by atoms with van der Waals surface area (Å²) in [5, 5.41) is 3.64. The van der Waals surface area contributed by atoms with Crippen molar-refractivity contribution in [1.82, 2.24) is 9.97 Å². The van der Waals surface area contributed by atoms with E-state index in [4.69, 9.17) is 9.47 Å². The van der Waals surface area contributed by atoms with Crippen LogP contribution < -0.4 is 15.6 Å². The van der Waals surface area contributed by atoms with Crippen LogP contribution in [0, 0.1) is 0 Å². The van der Waals surface area contributed by atoms with Crippen LogP contribution >= 0.6 is 11.8 Å². The summed E-state index contributed by atoms with van der Waals surface area (Å²) in [6.45, 7) is 3.76. The summed E-state index contributed by atoms with van der Waals surface area (Å²) in [6.07, 6.45) is 0. The van der Waals surface area contributed by atoms with Crippen molar-refractivity contribution in [3.63, 3.8) is 0 Å². The number of fused-ring (bicyclic) bond motifs is 1. The van der Waals surface area contributed by atoms with E-state index in [1.807, 2.05) is 19.1 Å². The number of nitrogens with zero attached hydrogens (tertiary/aromatic N) is 1.